The molecule has 10 nitrogen and oxygen atoms in total. The average Bonchev–Trinajstić information content (AvgIpc) is 3.27. The first-order valence-corrected chi connectivity index (χ1v) is 19.0. The summed E-state index contributed by atoms with van der Waals surface area (Å²) < 4.78 is 19.3. The van der Waals surface area contributed by atoms with Gasteiger partial charge in [-0.15, -0.1) is 0 Å². The molecule has 1 saturated heterocycles. The minimum Gasteiger partial charge on any atom is -0.488 e. The lowest BCUT2D eigenvalue weighted by molar-refractivity contribution is -0.384. The standard InChI is InChI=1S/C33H41IN2O8Si/c1-6-45(7-2,8-3)44-22(5)29-30-21(4)26(10-9-19-42-28-16-11-23(17-18-37)20-27(28)34)31(35(30)32(29)38)33(39)43-25-14-12-24(13-15-25)36(40)41/h9-16,20-22,29-30,37H,6-8,17-19H2,1-5H3/b10-9+/t21-,22+,29+,30+/m0/s1. The number of amides is 1. The highest BCUT2D eigenvalue weighted by atomic mass is 127. The average molecular weight is 749 g/mol. The Labute approximate surface area is 278 Å². The number of esters is 1. The van der Waals surface area contributed by atoms with E-state index < -0.39 is 19.2 Å². The number of nitrogens with zero attached hydrogens (tertiary/aromatic N) is 2. The molecule has 1 amide bonds. The zero-order valence-corrected chi connectivity index (χ0v) is 29.5. The molecule has 45 heavy (non-hydrogen) atoms. The Hall–Kier alpha value is -3.07. The van der Waals surface area contributed by atoms with E-state index in [1.807, 2.05) is 44.2 Å². The number of aliphatic hydroxyl groups is 1. The number of β-lactam (4-membered cyclic amide) rings is 1. The van der Waals surface area contributed by atoms with E-state index in [0.29, 0.717) is 17.7 Å². The third-order valence-corrected chi connectivity index (χ3v) is 14.6. The molecule has 0 bridgehead atoms. The number of allylic oxidation sites excluding steroid dienone is 1. The summed E-state index contributed by atoms with van der Waals surface area (Å²) in [5.41, 5.74) is 1.73. The predicted molar refractivity (Wildman–Crippen MR) is 181 cm³/mol. The molecular formula is C33H41IN2O8Si. The Morgan fingerprint density at radius 2 is 1.82 bits per heavy atom. The van der Waals surface area contributed by atoms with Gasteiger partial charge < -0.3 is 23.9 Å². The smallest absolute Gasteiger partial charge is 0.360 e. The second kappa shape index (κ2) is 15.0. The number of carbonyl (C=O) groups is 2. The molecule has 242 valence electrons. The number of hydrogen-bond donors (Lipinski definition) is 1. The van der Waals surface area contributed by atoms with Gasteiger partial charge in [0.15, 0.2) is 8.32 Å². The van der Waals surface area contributed by atoms with Crippen LogP contribution >= 0.6 is 22.6 Å². The molecule has 0 radical (unpaired) electrons. The molecule has 1 fully saturated rings. The molecular weight excluding hydrogens is 707 g/mol. The van der Waals surface area contributed by atoms with Gasteiger partial charge in [-0.05, 0) is 95.5 Å². The maximum atomic E-state index is 13.7. The minimum absolute atomic E-state index is 0.0756. The molecule has 0 aromatic heterocycles. The quantitative estimate of drug-likeness (QED) is 0.0421. The summed E-state index contributed by atoms with van der Waals surface area (Å²) in [4.78, 5) is 39.4. The van der Waals surface area contributed by atoms with Crippen LogP contribution in [-0.2, 0) is 20.4 Å². The van der Waals surface area contributed by atoms with Crippen molar-refractivity contribution in [1.29, 1.82) is 0 Å². The summed E-state index contributed by atoms with van der Waals surface area (Å²) in [5.74, 6) is -0.585. The highest BCUT2D eigenvalue weighted by Gasteiger charge is 2.60. The second-order valence-corrected chi connectivity index (χ2v) is 17.4. The number of aliphatic hydroxyl groups excluding tert-OH is 1. The van der Waals surface area contributed by atoms with Crippen molar-refractivity contribution in [2.24, 2.45) is 11.8 Å². The molecule has 12 heteroatoms. The molecule has 0 unspecified atom stereocenters. The van der Waals surface area contributed by atoms with E-state index in [1.54, 1.807) is 4.90 Å². The lowest BCUT2D eigenvalue weighted by Crippen LogP contribution is -2.65. The molecule has 2 aromatic carbocycles. The molecule has 0 spiro atoms. The van der Waals surface area contributed by atoms with E-state index in [4.69, 9.17) is 13.9 Å². The first-order valence-electron chi connectivity index (χ1n) is 15.4. The number of rotatable bonds is 15. The van der Waals surface area contributed by atoms with Crippen LogP contribution in [0.1, 0.15) is 40.2 Å². The number of nitro groups is 1. The maximum Gasteiger partial charge on any atom is 0.360 e. The van der Waals surface area contributed by atoms with Gasteiger partial charge in [-0.1, -0.05) is 39.8 Å². The summed E-state index contributed by atoms with van der Waals surface area (Å²) in [6.07, 6.45) is 3.92. The number of non-ortho nitro benzene ring substituents is 1. The van der Waals surface area contributed by atoms with Crippen LogP contribution in [0, 0.1) is 25.5 Å². The van der Waals surface area contributed by atoms with E-state index in [1.165, 1.54) is 24.3 Å². The maximum absolute atomic E-state index is 13.7. The van der Waals surface area contributed by atoms with E-state index in [0.717, 1.165) is 27.3 Å². The monoisotopic (exact) mass is 748 g/mol. The molecule has 2 aromatic rings. The van der Waals surface area contributed by atoms with Crippen molar-refractivity contribution >= 4 is 48.5 Å². The Bertz CT molecular complexity index is 1470. The fourth-order valence-electron chi connectivity index (χ4n) is 6.31. The van der Waals surface area contributed by atoms with E-state index in [-0.39, 0.29) is 60.2 Å². The molecule has 2 heterocycles. The van der Waals surface area contributed by atoms with Gasteiger partial charge in [-0.2, -0.15) is 0 Å². The van der Waals surface area contributed by atoms with E-state index >= 15 is 0 Å². The molecule has 4 atom stereocenters. The van der Waals surface area contributed by atoms with Gasteiger partial charge in [-0.25, -0.2) is 4.79 Å². The molecule has 1 N–H and O–H groups in total. The number of halogens is 1. The SMILES string of the molecule is CC[Si](CC)(CC)O[C@H](C)[C@H]1C(=O)N2C(C(=O)Oc3ccc([N+](=O)[O-])cc3)=C(/C=C/COc3ccc(CCO)cc3I)[C@H](C)[C@H]12. The molecule has 2 aliphatic rings. The number of carbonyl (C=O) groups excluding carboxylic acids is 2. The van der Waals surface area contributed by atoms with Crippen LogP contribution in [0.2, 0.25) is 18.1 Å². The van der Waals surface area contributed by atoms with Crippen molar-refractivity contribution in [3.8, 4) is 11.5 Å². The Morgan fingerprint density at radius 1 is 1.16 bits per heavy atom. The van der Waals surface area contributed by atoms with Gasteiger partial charge in [-0.3, -0.25) is 14.9 Å². The van der Waals surface area contributed by atoms with Crippen LogP contribution < -0.4 is 9.47 Å². The molecule has 4 rings (SSSR count). The number of ether oxygens (including phenoxy) is 2. The zero-order valence-electron chi connectivity index (χ0n) is 26.3. The van der Waals surface area contributed by atoms with Crippen LogP contribution in [0.3, 0.4) is 0 Å². The van der Waals surface area contributed by atoms with Gasteiger partial charge in [0.05, 0.1) is 26.6 Å². The fourth-order valence-corrected chi connectivity index (χ4v) is 9.98. The number of fused-ring (bicyclic) bond motifs is 1. The number of nitro benzene ring substituents is 1. The molecule has 0 aliphatic carbocycles. The van der Waals surface area contributed by atoms with Crippen molar-refractivity contribution < 1.29 is 33.5 Å². The van der Waals surface area contributed by atoms with Crippen LogP contribution in [0.5, 0.6) is 11.5 Å². The number of benzene rings is 2. The van der Waals surface area contributed by atoms with E-state index in [9.17, 15) is 24.8 Å². The fraction of sp³-hybridized carbons (Fsp3) is 0.455. The lowest BCUT2D eigenvalue weighted by atomic mass is 9.77. The summed E-state index contributed by atoms with van der Waals surface area (Å²) in [6.45, 7) is 10.7. The second-order valence-electron chi connectivity index (χ2n) is 11.5. The Morgan fingerprint density at radius 3 is 2.40 bits per heavy atom. The molecule has 0 saturated carbocycles. The highest BCUT2D eigenvalue weighted by Crippen LogP contribution is 2.49. The van der Waals surface area contributed by atoms with Gasteiger partial charge >= 0.3 is 5.97 Å². The van der Waals surface area contributed by atoms with Crippen molar-refractivity contribution in [1.82, 2.24) is 4.90 Å². The van der Waals surface area contributed by atoms with Crippen molar-refractivity contribution in [2.75, 3.05) is 13.2 Å². The van der Waals surface area contributed by atoms with Crippen LogP contribution in [-0.4, -0.2) is 60.5 Å². The molecule has 2 aliphatic heterocycles. The van der Waals surface area contributed by atoms with Crippen molar-refractivity contribution in [3.05, 3.63) is 85.1 Å². The summed E-state index contributed by atoms with van der Waals surface area (Å²) >= 11 is 2.20. The minimum atomic E-state index is -1.98. The zero-order chi connectivity index (χ0) is 32.9. The van der Waals surface area contributed by atoms with Gasteiger partial charge in [0.1, 0.15) is 23.8 Å². The lowest BCUT2D eigenvalue weighted by Gasteiger charge is -2.49. The third-order valence-electron chi connectivity index (χ3n) is 9.06. The van der Waals surface area contributed by atoms with Gasteiger partial charge in [0, 0.05) is 24.7 Å². The first-order chi connectivity index (χ1) is 21.5. The van der Waals surface area contributed by atoms with Gasteiger partial charge in [0.2, 0.25) is 5.91 Å². The van der Waals surface area contributed by atoms with Crippen molar-refractivity contribution in [2.45, 2.75) is 71.3 Å². The predicted octanol–water partition coefficient (Wildman–Crippen LogP) is 6.42. The van der Waals surface area contributed by atoms with Crippen LogP contribution in [0.15, 0.2) is 65.9 Å². The third kappa shape index (κ3) is 7.34. The largest absolute Gasteiger partial charge is 0.488 e. The summed E-state index contributed by atoms with van der Waals surface area (Å²) in [6, 6.07) is 13.7. The summed E-state index contributed by atoms with van der Waals surface area (Å²) in [5, 5.41) is 20.3. The normalized spacial score (nSPS) is 20.3. The van der Waals surface area contributed by atoms with Crippen LogP contribution in [0.25, 0.3) is 0 Å². The Kier molecular flexibility index (Phi) is 11.6. The topological polar surface area (TPSA) is 128 Å². The number of hydrogen-bond acceptors (Lipinski definition) is 8. The first kappa shape index (κ1) is 34.8. The summed E-state index contributed by atoms with van der Waals surface area (Å²) in [7, 11) is -1.98. The Balaban J connectivity index is 1.58. The van der Waals surface area contributed by atoms with Crippen LogP contribution in [0.4, 0.5) is 5.69 Å². The van der Waals surface area contributed by atoms with E-state index in [2.05, 4.69) is 43.4 Å². The van der Waals surface area contributed by atoms with Crippen molar-refractivity contribution in [3.63, 3.8) is 0 Å². The van der Waals surface area contributed by atoms with Gasteiger partial charge in [0.25, 0.3) is 5.69 Å². The highest BCUT2D eigenvalue weighted by molar-refractivity contribution is 14.1.